The number of aromatic amines is 1. The summed E-state index contributed by atoms with van der Waals surface area (Å²) in [4.78, 5) is 18.5. The van der Waals surface area contributed by atoms with Gasteiger partial charge < -0.3 is 4.90 Å². The lowest BCUT2D eigenvalue weighted by molar-refractivity contribution is -0.131. The molecule has 1 unspecified atom stereocenters. The Hall–Kier alpha value is -2.17. The van der Waals surface area contributed by atoms with Crippen LogP contribution >= 0.6 is 0 Å². The molecule has 0 aromatic carbocycles. The molecule has 0 spiro atoms. The van der Waals surface area contributed by atoms with Gasteiger partial charge in [-0.05, 0) is 31.0 Å². The van der Waals surface area contributed by atoms with Crippen molar-refractivity contribution in [1.29, 1.82) is 0 Å². The molecule has 1 amide bonds. The zero-order valence-corrected chi connectivity index (χ0v) is 11.3. The number of hydrogen-bond acceptors (Lipinski definition) is 3. The van der Waals surface area contributed by atoms with Crippen molar-refractivity contribution in [2.75, 3.05) is 13.1 Å². The first-order valence-electron chi connectivity index (χ1n) is 7.00. The average Bonchev–Trinajstić information content (AvgIpc) is 3.03. The Morgan fingerprint density at radius 1 is 1.35 bits per heavy atom. The SMILES string of the molecule is O=C(Cc1ccccn1)N1CCCC(c2ccn[nH]2)C1. The van der Waals surface area contributed by atoms with E-state index in [1.807, 2.05) is 29.2 Å². The number of aromatic nitrogens is 3. The number of rotatable bonds is 3. The second-order valence-electron chi connectivity index (χ2n) is 5.19. The van der Waals surface area contributed by atoms with Gasteiger partial charge in [-0.1, -0.05) is 6.07 Å². The Kier molecular flexibility index (Phi) is 3.76. The molecule has 5 heteroatoms. The molecule has 1 N–H and O–H groups in total. The molecule has 2 aromatic heterocycles. The van der Waals surface area contributed by atoms with Crippen molar-refractivity contribution in [3.8, 4) is 0 Å². The minimum absolute atomic E-state index is 0.160. The highest BCUT2D eigenvalue weighted by molar-refractivity contribution is 5.78. The maximum absolute atomic E-state index is 12.3. The number of nitrogens with zero attached hydrogens (tertiary/aromatic N) is 3. The molecule has 3 rings (SSSR count). The van der Waals surface area contributed by atoms with E-state index in [0.29, 0.717) is 12.3 Å². The van der Waals surface area contributed by atoms with Gasteiger partial charge >= 0.3 is 0 Å². The highest BCUT2D eigenvalue weighted by Gasteiger charge is 2.25. The molecule has 3 heterocycles. The van der Waals surface area contributed by atoms with Gasteiger partial charge in [-0.3, -0.25) is 14.9 Å². The van der Waals surface area contributed by atoms with Crippen molar-refractivity contribution >= 4 is 5.91 Å². The molecule has 0 bridgehead atoms. The Bertz CT molecular complexity index is 553. The summed E-state index contributed by atoms with van der Waals surface area (Å²) in [6.07, 6.45) is 6.03. The van der Waals surface area contributed by atoms with Crippen LogP contribution in [0.15, 0.2) is 36.7 Å². The second-order valence-corrected chi connectivity index (χ2v) is 5.19. The largest absolute Gasteiger partial charge is 0.342 e. The topological polar surface area (TPSA) is 61.9 Å². The number of piperidine rings is 1. The van der Waals surface area contributed by atoms with E-state index in [-0.39, 0.29) is 5.91 Å². The Morgan fingerprint density at radius 2 is 2.30 bits per heavy atom. The molecule has 20 heavy (non-hydrogen) atoms. The molecular weight excluding hydrogens is 252 g/mol. The van der Waals surface area contributed by atoms with Crippen LogP contribution < -0.4 is 0 Å². The predicted octanol–water partition coefficient (Wildman–Crippen LogP) is 1.75. The summed E-state index contributed by atoms with van der Waals surface area (Å²) in [6, 6.07) is 7.67. The fourth-order valence-corrected chi connectivity index (χ4v) is 2.72. The van der Waals surface area contributed by atoms with Gasteiger partial charge in [0, 0.05) is 42.8 Å². The molecule has 1 aliphatic rings. The standard InChI is InChI=1S/C15H18N4O/c20-15(10-13-5-1-2-7-16-13)19-9-3-4-12(11-19)14-6-8-17-18-14/h1-2,5-8,12H,3-4,9-11H2,(H,17,18). The fourth-order valence-electron chi connectivity index (χ4n) is 2.72. The molecule has 1 fully saturated rings. The third-order valence-corrected chi connectivity index (χ3v) is 3.79. The van der Waals surface area contributed by atoms with Gasteiger partial charge in [0.2, 0.25) is 5.91 Å². The number of amides is 1. The van der Waals surface area contributed by atoms with Crippen LogP contribution in [-0.2, 0) is 11.2 Å². The van der Waals surface area contributed by atoms with Gasteiger partial charge in [0.15, 0.2) is 0 Å². The Balaban J connectivity index is 1.63. The fraction of sp³-hybridized carbons (Fsp3) is 0.400. The highest BCUT2D eigenvalue weighted by Crippen LogP contribution is 2.25. The first-order chi connectivity index (χ1) is 9.83. The van der Waals surface area contributed by atoms with E-state index in [2.05, 4.69) is 15.2 Å². The number of carbonyl (C=O) groups excluding carboxylic acids is 1. The van der Waals surface area contributed by atoms with E-state index in [4.69, 9.17) is 0 Å². The summed E-state index contributed by atoms with van der Waals surface area (Å²) in [6.45, 7) is 1.62. The number of carbonyl (C=O) groups is 1. The van der Waals surface area contributed by atoms with E-state index in [9.17, 15) is 4.79 Å². The van der Waals surface area contributed by atoms with E-state index >= 15 is 0 Å². The summed E-state index contributed by atoms with van der Waals surface area (Å²) in [5.41, 5.74) is 1.96. The molecule has 0 saturated carbocycles. The number of pyridine rings is 1. The van der Waals surface area contributed by atoms with Crippen molar-refractivity contribution < 1.29 is 4.79 Å². The van der Waals surface area contributed by atoms with Crippen molar-refractivity contribution in [2.45, 2.75) is 25.2 Å². The molecule has 104 valence electrons. The first kappa shape index (κ1) is 12.8. The predicted molar refractivity (Wildman–Crippen MR) is 75.1 cm³/mol. The molecule has 1 aliphatic heterocycles. The third-order valence-electron chi connectivity index (χ3n) is 3.79. The van der Waals surface area contributed by atoms with Gasteiger partial charge in [-0.15, -0.1) is 0 Å². The molecule has 5 nitrogen and oxygen atoms in total. The van der Waals surface area contributed by atoms with Crippen LogP contribution in [0.3, 0.4) is 0 Å². The van der Waals surface area contributed by atoms with Crippen LogP contribution in [-0.4, -0.2) is 39.1 Å². The van der Waals surface area contributed by atoms with Crippen LogP contribution in [0.4, 0.5) is 0 Å². The van der Waals surface area contributed by atoms with Crippen LogP contribution in [0.1, 0.15) is 30.1 Å². The van der Waals surface area contributed by atoms with E-state index in [1.165, 1.54) is 0 Å². The Morgan fingerprint density at radius 3 is 3.05 bits per heavy atom. The lowest BCUT2D eigenvalue weighted by Gasteiger charge is -2.32. The van der Waals surface area contributed by atoms with E-state index < -0.39 is 0 Å². The van der Waals surface area contributed by atoms with Crippen LogP contribution in [0.5, 0.6) is 0 Å². The highest BCUT2D eigenvalue weighted by atomic mass is 16.2. The van der Waals surface area contributed by atoms with Gasteiger partial charge in [0.05, 0.1) is 6.42 Å². The number of H-pyrrole nitrogens is 1. The summed E-state index contributed by atoms with van der Waals surface area (Å²) < 4.78 is 0. The molecule has 1 saturated heterocycles. The normalized spacial score (nSPS) is 19.0. The number of likely N-dealkylation sites (tertiary alicyclic amines) is 1. The lowest BCUT2D eigenvalue weighted by atomic mass is 9.94. The minimum Gasteiger partial charge on any atom is -0.342 e. The van der Waals surface area contributed by atoms with Crippen molar-refractivity contribution in [3.05, 3.63) is 48.0 Å². The monoisotopic (exact) mass is 270 g/mol. The first-order valence-corrected chi connectivity index (χ1v) is 7.00. The van der Waals surface area contributed by atoms with Gasteiger partial charge in [-0.2, -0.15) is 5.10 Å². The Labute approximate surface area is 118 Å². The quantitative estimate of drug-likeness (QED) is 0.924. The zero-order chi connectivity index (χ0) is 13.8. The average molecular weight is 270 g/mol. The van der Waals surface area contributed by atoms with Crippen molar-refractivity contribution in [2.24, 2.45) is 0 Å². The number of nitrogens with one attached hydrogen (secondary N) is 1. The molecular formula is C15H18N4O. The van der Waals surface area contributed by atoms with Gasteiger partial charge in [0.25, 0.3) is 0 Å². The molecule has 1 atom stereocenters. The molecule has 0 radical (unpaired) electrons. The summed E-state index contributed by atoms with van der Waals surface area (Å²) in [7, 11) is 0. The smallest absolute Gasteiger partial charge is 0.228 e. The molecule has 2 aromatic rings. The zero-order valence-electron chi connectivity index (χ0n) is 11.3. The van der Waals surface area contributed by atoms with Crippen LogP contribution in [0.25, 0.3) is 0 Å². The molecule has 0 aliphatic carbocycles. The lowest BCUT2D eigenvalue weighted by Crippen LogP contribution is -2.40. The van der Waals surface area contributed by atoms with E-state index in [0.717, 1.165) is 37.3 Å². The van der Waals surface area contributed by atoms with E-state index in [1.54, 1.807) is 12.4 Å². The van der Waals surface area contributed by atoms with Crippen molar-refractivity contribution in [3.63, 3.8) is 0 Å². The second kappa shape index (κ2) is 5.86. The third kappa shape index (κ3) is 2.87. The van der Waals surface area contributed by atoms with Crippen LogP contribution in [0.2, 0.25) is 0 Å². The minimum atomic E-state index is 0.160. The van der Waals surface area contributed by atoms with Gasteiger partial charge in [0.1, 0.15) is 0 Å². The summed E-state index contributed by atoms with van der Waals surface area (Å²) in [5, 5.41) is 7.01. The summed E-state index contributed by atoms with van der Waals surface area (Å²) >= 11 is 0. The van der Waals surface area contributed by atoms with Crippen molar-refractivity contribution in [1.82, 2.24) is 20.1 Å². The van der Waals surface area contributed by atoms with Gasteiger partial charge in [-0.25, -0.2) is 0 Å². The maximum Gasteiger partial charge on any atom is 0.228 e. The maximum atomic E-state index is 12.3. The summed E-state index contributed by atoms with van der Waals surface area (Å²) in [5.74, 6) is 0.534. The number of hydrogen-bond donors (Lipinski definition) is 1. The van der Waals surface area contributed by atoms with Crippen LogP contribution in [0, 0.1) is 0 Å².